The summed E-state index contributed by atoms with van der Waals surface area (Å²) in [7, 11) is 1.85. The third-order valence-electron chi connectivity index (χ3n) is 3.56. The molecule has 0 bridgehead atoms. The molecule has 0 aliphatic rings. The average Bonchev–Trinajstić information content (AvgIpc) is 2.89. The molecule has 3 aromatic carbocycles. The Kier molecular flexibility index (Phi) is 15.4. The highest BCUT2D eigenvalue weighted by Gasteiger charge is 2.02. The van der Waals surface area contributed by atoms with Crippen LogP contribution in [-0.4, -0.2) is 28.7 Å². The van der Waals surface area contributed by atoms with Crippen LogP contribution < -0.4 is 29.3 Å². The molecular formula is C21H21BN6O6. The van der Waals surface area contributed by atoms with Gasteiger partial charge < -0.3 is 29.3 Å². The van der Waals surface area contributed by atoms with E-state index in [1.54, 1.807) is 94.1 Å². The van der Waals surface area contributed by atoms with Crippen molar-refractivity contribution in [2.75, 3.05) is 21.3 Å². The average molecular weight is 464 g/mol. The summed E-state index contributed by atoms with van der Waals surface area (Å²) in [6, 6.07) is 20.4. The lowest BCUT2D eigenvalue weighted by Crippen LogP contribution is -2.56. The van der Waals surface area contributed by atoms with Crippen LogP contribution in [0.15, 0.2) is 72.8 Å². The Labute approximate surface area is 196 Å². The number of methoxy groups -OCH3 is 3. The van der Waals surface area contributed by atoms with Gasteiger partial charge in [0.05, 0.1) is 21.3 Å². The van der Waals surface area contributed by atoms with Gasteiger partial charge in [0.25, 0.3) is 0 Å². The van der Waals surface area contributed by atoms with E-state index >= 15 is 0 Å². The fourth-order valence-electron chi connectivity index (χ4n) is 1.95. The van der Waals surface area contributed by atoms with Crippen molar-refractivity contribution in [2.24, 2.45) is 0 Å². The summed E-state index contributed by atoms with van der Waals surface area (Å²) < 4.78 is 14.7. The number of benzene rings is 3. The van der Waals surface area contributed by atoms with Crippen molar-refractivity contribution < 1.29 is 29.3 Å². The van der Waals surface area contributed by atoms with Crippen LogP contribution in [0.4, 0.5) is 17.1 Å². The number of hydrogen-bond donors (Lipinski definition) is 0. The fraction of sp³-hybridized carbons (Fsp3) is 0.143. The van der Waals surface area contributed by atoms with Crippen LogP contribution in [0, 0.1) is 16.2 Å². The maximum atomic E-state index is 8.42. The zero-order valence-electron chi connectivity index (χ0n) is 18.6. The molecule has 3 aromatic rings. The number of rotatable bonds is 3. The molecule has 174 valence electrons. The van der Waals surface area contributed by atoms with E-state index in [1.807, 2.05) is 0 Å². The van der Waals surface area contributed by atoms with Gasteiger partial charge in [-0.3, -0.25) is 7.32 Å². The third kappa shape index (κ3) is 13.5. The summed E-state index contributed by atoms with van der Waals surface area (Å²) in [5.74, 6) is 2.27. The molecule has 0 radical (unpaired) electrons. The Bertz CT molecular complexity index is 936. The van der Waals surface area contributed by atoms with Gasteiger partial charge in [0, 0.05) is 36.4 Å². The van der Waals surface area contributed by atoms with Gasteiger partial charge in [-0.25, -0.2) is 0 Å². The lowest BCUT2D eigenvalue weighted by atomic mass is 10.3. The van der Waals surface area contributed by atoms with Crippen molar-refractivity contribution in [1.82, 2.24) is 0 Å². The van der Waals surface area contributed by atoms with E-state index in [1.165, 1.54) is 0 Å². The van der Waals surface area contributed by atoms with Gasteiger partial charge in [-0.2, -0.15) is 0 Å². The van der Waals surface area contributed by atoms with Crippen LogP contribution >= 0.6 is 0 Å². The second-order valence-electron chi connectivity index (χ2n) is 5.68. The standard InChI is InChI=1S/3C7H7N2O.BO3/c3*1-10-7-4-2-6(9-8)3-5-7;2-1(3)4/h3*2-5H,1H3;/q3*+1;-3. The summed E-state index contributed by atoms with van der Waals surface area (Å²) in [6.45, 7) is 0. The van der Waals surface area contributed by atoms with Gasteiger partial charge in [-0.1, -0.05) is 0 Å². The highest BCUT2D eigenvalue weighted by Crippen LogP contribution is 2.18. The van der Waals surface area contributed by atoms with E-state index < -0.39 is 7.32 Å². The summed E-state index contributed by atoms with van der Waals surface area (Å²) in [6.07, 6.45) is 0. The number of hydrogen-bond acceptors (Lipinski definition) is 9. The molecule has 0 N–H and O–H groups in total. The maximum Gasteiger partial charge on any atom is 0.385 e. The fourth-order valence-corrected chi connectivity index (χ4v) is 1.95. The molecular weight excluding hydrogens is 443 g/mol. The van der Waals surface area contributed by atoms with Crippen LogP contribution in [0.3, 0.4) is 0 Å². The summed E-state index contributed by atoms with van der Waals surface area (Å²) in [4.78, 5) is 8.97. The first-order valence-electron chi connectivity index (χ1n) is 9.28. The predicted molar refractivity (Wildman–Crippen MR) is 119 cm³/mol. The van der Waals surface area contributed by atoms with E-state index in [0.29, 0.717) is 17.1 Å². The van der Waals surface area contributed by atoms with Gasteiger partial charge in [0.2, 0.25) is 16.2 Å². The predicted octanol–water partition coefficient (Wildman–Crippen LogP) is 2.59. The van der Waals surface area contributed by atoms with Gasteiger partial charge in [0.1, 0.15) is 17.2 Å². The Morgan fingerprint density at radius 1 is 0.500 bits per heavy atom. The van der Waals surface area contributed by atoms with Crippen LogP contribution in [-0.2, 0) is 0 Å². The Morgan fingerprint density at radius 2 is 0.676 bits per heavy atom. The van der Waals surface area contributed by atoms with Crippen molar-refractivity contribution in [3.8, 4) is 17.2 Å². The van der Waals surface area contributed by atoms with Crippen molar-refractivity contribution >= 4 is 24.4 Å². The lowest BCUT2D eigenvalue weighted by Gasteiger charge is -2.35. The first-order chi connectivity index (χ1) is 16.3. The lowest BCUT2D eigenvalue weighted by molar-refractivity contribution is -0.479. The molecule has 0 aliphatic carbocycles. The number of nitrogens with zero attached hydrogens (tertiary/aromatic N) is 6. The van der Waals surface area contributed by atoms with Crippen molar-refractivity contribution in [3.05, 3.63) is 87.7 Å². The van der Waals surface area contributed by atoms with E-state index in [-0.39, 0.29) is 0 Å². The summed E-state index contributed by atoms with van der Waals surface area (Å²) in [5.41, 5.74) is 1.59. The smallest absolute Gasteiger partial charge is 0.385 e. The second kappa shape index (κ2) is 17.9. The molecule has 0 atom stereocenters. The van der Waals surface area contributed by atoms with Gasteiger partial charge in [-0.05, 0) is 36.4 Å². The second-order valence-corrected chi connectivity index (χ2v) is 5.68. The van der Waals surface area contributed by atoms with Crippen LogP contribution in [0.2, 0.25) is 0 Å². The minimum absolute atomic E-state index is 0.529. The molecule has 0 spiro atoms. The molecule has 0 fully saturated rings. The quantitative estimate of drug-likeness (QED) is 0.415. The first kappa shape index (κ1) is 29.3. The van der Waals surface area contributed by atoms with E-state index in [9.17, 15) is 0 Å². The topological polar surface area (TPSA) is 181 Å². The SMILES string of the molecule is COc1ccc([N+]#N)cc1.COc1ccc([N+]#N)cc1.COc1ccc([N+]#N)cc1.[O-]B([O-])[O-]. The largest absolute Gasteiger partial charge is 0.907 e. The molecule has 0 heterocycles. The highest BCUT2D eigenvalue weighted by molar-refractivity contribution is 6.24. The van der Waals surface area contributed by atoms with Crippen LogP contribution in [0.1, 0.15) is 0 Å². The molecule has 12 nitrogen and oxygen atoms in total. The number of ether oxygens (including phenoxy) is 3. The Balaban J connectivity index is 0.000000445. The molecule has 0 unspecified atom stereocenters. The van der Waals surface area contributed by atoms with Gasteiger partial charge in [0.15, 0.2) is 14.9 Å². The highest BCUT2D eigenvalue weighted by atomic mass is 16.5. The van der Waals surface area contributed by atoms with Crippen molar-refractivity contribution in [1.29, 1.82) is 16.2 Å². The minimum Gasteiger partial charge on any atom is -0.907 e. The normalized spacial score (nSPS) is 8.21. The first-order valence-corrected chi connectivity index (χ1v) is 9.28. The molecule has 0 aromatic heterocycles. The maximum absolute atomic E-state index is 8.42. The molecule has 3 rings (SSSR count). The van der Waals surface area contributed by atoms with Gasteiger partial charge >= 0.3 is 17.1 Å². The Hall–Kier alpha value is -4.74. The number of diazo groups is 3. The molecule has 0 aliphatic heterocycles. The molecule has 34 heavy (non-hydrogen) atoms. The third-order valence-corrected chi connectivity index (χ3v) is 3.56. The van der Waals surface area contributed by atoms with Crippen molar-refractivity contribution in [2.45, 2.75) is 0 Å². The summed E-state index contributed by atoms with van der Waals surface area (Å²) in [5, 5.41) is 50.1. The van der Waals surface area contributed by atoms with Crippen LogP contribution in [0.5, 0.6) is 17.2 Å². The minimum atomic E-state index is -2.92. The molecule has 13 heteroatoms. The zero-order valence-corrected chi connectivity index (χ0v) is 18.6. The van der Waals surface area contributed by atoms with Crippen molar-refractivity contribution in [3.63, 3.8) is 0 Å². The summed E-state index contributed by atoms with van der Waals surface area (Å²) >= 11 is 0. The molecule has 0 amide bonds. The zero-order chi connectivity index (χ0) is 25.8. The monoisotopic (exact) mass is 464 g/mol. The van der Waals surface area contributed by atoms with E-state index in [4.69, 9.17) is 45.5 Å². The molecule has 0 saturated carbocycles. The van der Waals surface area contributed by atoms with Crippen LogP contribution in [0.25, 0.3) is 14.9 Å². The van der Waals surface area contributed by atoms with E-state index in [2.05, 4.69) is 14.9 Å². The van der Waals surface area contributed by atoms with Gasteiger partial charge in [-0.15, -0.1) is 0 Å². The Morgan fingerprint density at radius 3 is 0.794 bits per heavy atom. The van der Waals surface area contributed by atoms with E-state index in [0.717, 1.165) is 17.2 Å². The molecule has 0 saturated heterocycles.